The number of hydrogen-bond donors (Lipinski definition) is 1. The number of aromatic nitrogens is 2. The fourth-order valence-electron chi connectivity index (χ4n) is 2.71. The van der Waals surface area contributed by atoms with Crippen LogP contribution in [0.25, 0.3) is 20.8 Å². The van der Waals surface area contributed by atoms with Crippen LogP contribution in [-0.2, 0) is 0 Å². The lowest BCUT2D eigenvalue weighted by Crippen LogP contribution is -2.08. The van der Waals surface area contributed by atoms with Crippen LogP contribution >= 0.6 is 22.9 Å². The van der Waals surface area contributed by atoms with Crippen LogP contribution in [0.3, 0.4) is 0 Å². The molecule has 0 saturated heterocycles. The second-order valence-corrected chi connectivity index (χ2v) is 7.04. The number of H-pyrrole nitrogens is 1. The maximum Gasteiger partial charge on any atom is 0.248 e. The quantitative estimate of drug-likeness (QED) is 0.509. The molecule has 4 aromatic rings. The van der Waals surface area contributed by atoms with Crippen LogP contribution in [0, 0.1) is 5.82 Å². The normalized spacial score (nSPS) is 12.4. The largest absolute Gasteiger partial charge is 0.328 e. The summed E-state index contributed by atoms with van der Waals surface area (Å²) in [6.45, 7) is 0. The maximum absolute atomic E-state index is 13.5. The van der Waals surface area contributed by atoms with Gasteiger partial charge < -0.3 is 4.98 Å². The number of benzene rings is 2. The number of alkyl halides is 1. The Balaban J connectivity index is 1.88. The summed E-state index contributed by atoms with van der Waals surface area (Å²) in [4.78, 5) is 19.2. The van der Waals surface area contributed by atoms with Gasteiger partial charge in [0.2, 0.25) is 5.56 Å². The molecule has 1 unspecified atom stereocenters. The zero-order valence-corrected chi connectivity index (χ0v) is 14.4. The molecule has 0 aliphatic rings. The summed E-state index contributed by atoms with van der Waals surface area (Å²) in [6.07, 6.45) is 1.62. The van der Waals surface area contributed by atoms with Crippen molar-refractivity contribution >= 4 is 33.2 Å². The Morgan fingerprint density at radius 1 is 1.12 bits per heavy atom. The van der Waals surface area contributed by atoms with Crippen LogP contribution in [0.15, 0.2) is 65.6 Å². The van der Waals surface area contributed by atoms with Crippen LogP contribution in [0.5, 0.6) is 0 Å². The molecule has 0 fully saturated rings. The van der Waals surface area contributed by atoms with Gasteiger partial charge in [0.1, 0.15) is 10.8 Å². The van der Waals surface area contributed by atoms with Gasteiger partial charge in [-0.15, -0.1) is 22.9 Å². The number of halogens is 2. The fraction of sp³-hybridized carbons (Fsp3) is 0.0526. The zero-order valence-electron chi connectivity index (χ0n) is 12.9. The highest BCUT2D eigenvalue weighted by Crippen LogP contribution is 2.38. The van der Waals surface area contributed by atoms with E-state index in [4.69, 9.17) is 11.6 Å². The Bertz CT molecular complexity index is 1090. The van der Waals surface area contributed by atoms with Crippen LogP contribution in [0.1, 0.15) is 16.5 Å². The van der Waals surface area contributed by atoms with Crippen molar-refractivity contribution in [3.05, 3.63) is 88.1 Å². The number of fused-ring (bicyclic) bond motifs is 1. The minimum atomic E-state index is -0.653. The van der Waals surface area contributed by atoms with Gasteiger partial charge in [-0.1, -0.05) is 24.3 Å². The van der Waals surface area contributed by atoms with E-state index in [1.165, 1.54) is 29.5 Å². The Hall–Kier alpha value is -2.50. The average Bonchev–Trinajstić information content (AvgIpc) is 3.05. The molecule has 124 valence electrons. The molecule has 2 heterocycles. The maximum atomic E-state index is 13.5. The first-order valence-corrected chi connectivity index (χ1v) is 8.85. The predicted octanol–water partition coefficient (Wildman–Crippen LogP) is 5.12. The van der Waals surface area contributed by atoms with E-state index < -0.39 is 5.38 Å². The summed E-state index contributed by atoms with van der Waals surface area (Å²) < 4.78 is 14.6. The van der Waals surface area contributed by atoms with Gasteiger partial charge in [-0.2, -0.15) is 0 Å². The van der Waals surface area contributed by atoms with E-state index in [0.717, 1.165) is 20.8 Å². The number of nitrogens with one attached hydrogen (secondary N) is 1. The van der Waals surface area contributed by atoms with Gasteiger partial charge in [-0.05, 0) is 35.4 Å². The van der Waals surface area contributed by atoms with E-state index in [2.05, 4.69) is 9.97 Å². The standard InChI is InChI=1S/C19H12ClFN2OS/c20-18(11-4-3-5-12(21)8-11)13-9-17(24)22-10-14(13)19-23-15-6-1-2-7-16(15)25-19/h1-10,18H,(H,22,24). The van der Waals surface area contributed by atoms with Gasteiger partial charge in [0.25, 0.3) is 0 Å². The number of para-hydroxylation sites is 1. The summed E-state index contributed by atoms with van der Waals surface area (Å²) in [5.74, 6) is -0.366. The first-order valence-electron chi connectivity index (χ1n) is 7.60. The summed E-state index contributed by atoms with van der Waals surface area (Å²) >= 11 is 8.11. The fourth-order valence-corrected chi connectivity index (χ4v) is 4.03. The summed E-state index contributed by atoms with van der Waals surface area (Å²) in [7, 11) is 0. The molecule has 6 heteroatoms. The highest BCUT2D eigenvalue weighted by atomic mass is 35.5. The molecule has 0 saturated carbocycles. The molecule has 3 nitrogen and oxygen atoms in total. The van der Waals surface area contributed by atoms with Gasteiger partial charge in [0, 0.05) is 17.8 Å². The number of rotatable bonds is 3. The molecule has 1 N–H and O–H groups in total. The van der Waals surface area contributed by atoms with Crippen molar-refractivity contribution in [1.82, 2.24) is 9.97 Å². The number of thiazole rings is 1. The third kappa shape index (κ3) is 3.08. The van der Waals surface area contributed by atoms with E-state index in [9.17, 15) is 9.18 Å². The first kappa shape index (κ1) is 16.0. The molecule has 0 amide bonds. The van der Waals surface area contributed by atoms with Gasteiger partial charge in [-0.3, -0.25) is 4.79 Å². The molecular weight excluding hydrogens is 359 g/mol. The van der Waals surface area contributed by atoms with Crippen molar-refractivity contribution in [3.8, 4) is 10.6 Å². The lowest BCUT2D eigenvalue weighted by molar-refractivity contribution is 0.626. The Labute approximate surface area is 151 Å². The van der Waals surface area contributed by atoms with Crippen LogP contribution < -0.4 is 5.56 Å². The topological polar surface area (TPSA) is 45.8 Å². The number of pyridine rings is 1. The molecule has 1 atom stereocenters. The molecule has 2 aromatic carbocycles. The molecule has 0 aliphatic heterocycles. The molecular formula is C19H12ClFN2OS. The third-order valence-electron chi connectivity index (χ3n) is 3.90. The molecule has 25 heavy (non-hydrogen) atoms. The van der Waals surface area contributed by atoms with Crippen molar-refractivity contribution in [2.24, 2.45) is 0 Å². The van der Waals surface area contributed by atoms with Gasteiger partial charge >= 0.3 is 0 Å². The summed E-state index contributed by atoms with van der Waals surface area (Å²) in [5, 5.41) is 0.106. The smallest absolute Gasteiger partial charge is 0.248 e. The Morgan fingerprint density at radius 2 is 1.96 bits per heavy atom. The lowest BCUT2D eigenvalue weighted by atomic mass is 10.0. The highest BCUT2D eigenvalue weighted by Gasteiger charge is 2.19. The van der Waals surface area contributed by atoms with E-state index >= 15 is 0 Å². The molecule has 4 rings (SSSR count). The van der Waals surface area contributed by atoms with Gasteiger partial charge in [0.05, 0.1) is 15.6 Å². The monoisotopic (exact) mass is 370 g/mol. The SMILES string of the molecule is O=c1cc(C(Cl)c2cccc(F)c2)c(-c2nc3ccccc3s2)c[nH]1. The number of aromatic amines is 1. The predicted molar refractivity (Wildman–Crippen MR) is 99.8 cm³/mol. The first-order chi connectivity index (χ1) is 12.1. The molecule has 0 bridgehead atoms. The van der Waals surface area contributed by atoms with Crippen molar-refractivity contribution < 1.29 is 4.39 Å². The van der Waals surface area contributed by atoms with Crippen LogP contribution in [-0.4, -0.2) is 9.97 Å². The highest BCUT2D eigenvalue weighted by molar-refractivity contribution is 7.21. The number of nitrogens with zero attached hydrogens (tertiary/aromatic N) is 1. The van der Waals surface area contributed by atoms with Gasteiger partial charge in [0.15, 0.2) is 0 Å². The summed E-state index contributed by atoms with van der Waals surface area (Å²) in [5.41, 5.74) is 2.56. The summed E-state index contributed by atoms with van der Waals surface area (Å²) in [6, 6.07) is 15.3. The Morgan fingerprint density at radius 3 is 2.76 bits per heavy atom. The molecule has 0 spiro atoms. The lowest BCUT2D eigenvalue weighted by Gasteiger charge is -2.13. The van der Waals surface area contributed by atoms with E-state index in [-0.39, 0.29) is 11.4 Å². The number of hydrogen-bond acceptors (Lipinski definition) is 3. The molecule has 0 radical (unpaired) electrons. The van der Waals surface area contributed by atoms with Gasteiger partial charge in [-0.25, -0.2) is 9.37 Å². The minimum absolute atomic E-state index is 0.262. The van der Waals surface area contributed by atoms with E-state index in [0.29, 0.717) is 11.1 Å². The van der Waals surface area contributed by atoms with E-state index in [1.54, 1.807) is 18.3 Å². The van der Waals surface area contributed by atoms with Crippen molar-refractivity contribution in [1.29, 1.82) is 0 Å². The minimum Gasteiger partial charge on any atom is -0.328 e. The van der Waals surface area contributed by atoms with E-state index in [1.807, 2.05) is 24.3 Å². The van der Waals surface area contributed by atoms with Crippen molar-refractivity contribution in [2.45, 2.75) is 5.38 Å². The second kappa shape index (κ2) is 6.43. The zero-order chi connectivity index (χ0) is 17.4. The Kier molecular flexibility index (Phi) is 4.11. The molecule has 2 aromatic heterocycles. The van der Waals surface area contributed by atoms with Crippen LogP contribution in [0.2, 0.25) is 0 Å². The average molecular weight is 371 g/mol. The second-order valence-electron chi connectivity index (χ2n) is 5.57. The van der Waals surface area contributed by atoms with Crippen LogP contribution in [0.4, 0.5) is 4.39 Å². The molecule has 0 aliphatic carbocycles. The third-order valence-corrected chi connectivity index (χ3v) is 5.45. The van der Waals surface area contributed by atoms with Crippen molar-refractivity contribution in [2.75, 3.05) is 0 Å². The van der Waals surface area contributed by atoms with Crippen molar-refractivity contribution in [3.63, 3.8) is 0 Å².